The van der Waals surface area contributed by atoms with Crippen LogP contribution in [0, 0.1) is 11.3 Å². The third kappa shape index (κ3) is 3.60. The van der Waals surface area contributed by atoms with E-state index >= 15 is 0 Å². The number of rotatable bonds is 4. The van der Waals surface area contributed by atoms with Crippen LogP contribution in [0.4, 0.5) is 0 Å². The summed E-state index contributed by atoms with van der Waals surface area (Å²) in [7, 11) is 0. The minimum Gasteiger partial charge on any atom is -0.327 e. The summed E-state index contributed by atoms with van der Waals surface area (Å²) in [5.41, 5.74) is 9.10. The van der Waals surface area contributed by atoms with Gasteiger partial charge in [-0.3, -0.25) is 0 Å². The Hall–Kier alpha value is -1.82. The van der Waals surface area contributed by atoms with Crippen LogP contribution in [0.5, 0.6) is 0 Å². The summed E-state index contributed by atoms with van der Waals surface area (Å²) < 4.78 is 0. The summed E-state index contributed by atoms with van der Waals surface area (Å²) in [6.07, 6.45) is 0.837. The van der Waals surface area contributed by atoms with Gasteiger partial charge in [-0.15, -0.1) is 0 Å². The van der Waals surface area contributed by atoms with Gasteiger partial charge in [0.2, 0.25) is 0 Å². The van der Waals surface area contributed by atoms with Crippen LogP contribution in [0.15, 0.2) is 48.5 Å². The van der Waals surface area contributed by atoms with Gasteiger partial charge in [-0.25, -0.2) is 0 Å². The summed E-state index contributed by atoms with van der Waals surface area (Å²) in [5.74, 6) is 0.185. The van der Waals surface area contributed by atoms with Gasteiger partial charge < -0.3 is 5.73 Å². The van der Waals surface area contributed by atoms with E-state index in [2.05, 4.69) is 6.07 Å². The number of halogens is 1. The molecular formula is C17H17ClN2. The summed E-state index contributed by atoms with van der Waals surface area (Å²) >= 11 is 5.91. The Bertz CT molecular complexity index is 612. The Morgan fingerprint density at radius 2 is 1.90 bits per heavy atom. The molecule has 0 saturated heterocycles. The third-order valence-corrected chi connectivity index (χ3v) is 3.70. The van der Waals surface area contributed by atoms with Crippen LogP contribution in [0.2, 0.25) is 5.02 Å². The van der Waals surface area contributed by atoms with Gasteiger partial charge in [0, 0.05) is 17.0 Å². The molecule has 3 heteroatoms. The van der Waals surface area contributed by atoms with Crippen molar-refractivity contribution in [3.8, 4) is 6.07 Å². The highest BCUT2D eigenvalue weighted by molar-refractivity contribution is 6.30. The number of benzene rings is 2. The van der Waals surface area contributed by atoms with Crippen LogP contribution in [-0.2, 0) is 6.42 Å². The fourth-order valence-corrected chi connectivity index (χ4v) is 2.45. The highest BCUT2D eigenvalue weighted by Gasteiger charge is 2.17. The number of nitrogens with zero attached hydrogens (tertiary/aromatic N) is 1. The minimum atomic E-state index is 0.0135. The SMILES string of the molecule is C[C@H](N)[C@H](Cc1ccc(Cl)cc1)c1cccc(C#N)c1. The third-order valence-electron chi connectivity index (χ3n) is 3.45. The fourth-order valence-electron chi connectivity index (χ4n) is 2.32. The van der Waals surface area contributed by atoms with Gasteiger partial charge in [-0.1, -0.05) is 35.9 Å². The molecule has 0 aliphatic rings. The normalized spacial score (nSPS) is 13.5. The van der Waals surface area contributed by atoms with Crippen LogP contribution in [0.1, 0.15) is 29.5 Å². The first-order valence-electron chi connectivity index (χ1n) is 6.60. The molecule has 0 heterocycles. The quantitative estimate of drug-likeness (QED) is 0.926. The maximum Gasteiger partial charge on any atom is 0.0991 e. The number of hydrogen-bond acceptors (Lipinski definition) is 2. The molecule has 2 nitrogen and oxygen atoms in total. The molecule has 0 bridgehead atoms. The Labute approximate surface area is 124 Å². The fraction of sp³-hybridized carbons (Fsp3) is 0.235. The van der Waals surface area contributed by atoms with E-state index in [1.54, 1.807) is 0 Å². The first-order chi connectivity index (χ1) is 9.60. The van der Waals surface area contributed by atoms with Crippen molar-refractivity contribution in [2.75, 3.05) is 0 Å². The molecule has 2 aromatic carbocycles. The second kappa shape index (κ2) is 6.56. The van der Waals surface area contributed by atoms with E-state index in [4.69, 9.17) is 22.6 Å². The zero-order valence-electron chi connectivity index (χ0n) is 11.4. The Morgan fingerprint density at radius 1 is 1.20 bits per heavy atom. The molecule has 0 fully saturated rings. The second-order valence-electron chi connectivity index (χ2n) is 5.03. The summed E-state index contributed by atoms with van der Waals surface area (Å²) in [4.78, 5) is 0. The molecule has 0 amide bonds. The van der Waals surface area contributed by atoms with Crippen molar-refractivity contribution in [2.45, 2.75) is 25.3 Å². The highest BCUT2D eigenvalue weighted by atomic mass is 35.5. The van der Waals surface area contributed by atoms with Crippen LogP contribution in [0.25, 0.3) is 0 Å². The Kier molecular flexibility index (Phi) is 4.79. The average Bonchev–Trinajstić information content (AvgIpc) is 2.46. The molecule has 0 aliphatic carbocycles. The van der Waals surface area contributed by atoms with Crippen LogP contribution < -0.4 is 5.73 Å². The lowest BCUT2D eigenvalue weighted by Gasteiger charge is -2.21. The van der Waals surface area contributed by atoms with Crippen molar-refractivity contribution < 1.29 is 0 Å². The highest BCUT2D eigenvalue weighted by Crippen LogP contribution is 2.25. The van der Waals surface area contributed by atoms with Gasteiger partial charge in [0.25, 0.3) is 0 Å². The van der Waals surface area contributed by atoms with Gasteiger partial charge in [0.15, 0.2) is 0 Å². The molecule has 20 heavy (non-hydrogen) atoms. The van der Waals surface area contributed by atoms with E-state index in [9.17, 15) is 0 Å². The van der Waals surface area contributed by atoms with E-state index in [1.807, 2.05) is 55.5 Å². The zero-order valence-corrected chi connectivity index (χ0v) is 12.1. The number of nitriles is 1. The topological polar surface area (TPSA) is 49.8 Å². The molecule has 102 valence electrons. The van der Waals surface area contributed by atoms with Gasteiger partial charge in [-0.05, 0) is 48.7 Å². The second-order valence-corrected chi connectivity index (χ2v) is 5.47. The molecule has 0 radical (unpaired) electrons. The standard InChI is InChI=1S/C17H17ClN2/c1-12(20)17(10-13-5-7-16(18)8-6-13)15-4-2-3-14(9-15)11-19/h2-9,12,17H,10,20H2,1H3/t12-,17-/m0/s1. The molecule has 2 rings (SSSR count). The molecule has 0 unspecified atom stereocenters. The molecule has 0 aromatic heterocycles. The lowest BCUT2D eigenvalue weighted by atomic mass is 9.86. The molecule has 0 aliphatic heterocycles. The van der Waals surface area contributed by atoms with Crippen molar-refractivity contribution >= 4 is 11.6 Å². The van der Waals surface area contributed by atoms with Crippen LogP contribution in [0.3, 0.4) is 0 Å². The van der Waals surface area contributed by atoms with E-state index in [0.29, 0.717) is 5.56 Å². The molecule has 2 N–H and O–H groups in total. The van der Waals surface area contributed by atoms with E-state index in [-0.39, 0.29) is 12.0 Å². The zero-order chi connectivity index (χ0) is 14.5. The smallest absolute Gasteiger partial charge is 0.0991 e. The minimum absolute atomic E-state index is 0.0135. The van der Waals surface area contributed by atoms with Crippen molar-refractivity contribution in [2.24, 2.45) is 5.73 Å². The van der Waals surface area contributed by atoms with Crippen LogP contribution >= 0.6 is 11.6 Å². The summed E-state index contributed by atoms with van der Waals surface area (Å²) in [6, 6.07) is 17.7. The lowest BCUT2D eigenvalue weighted by Crippen LogP contribution is -2.26. The van der Waals surface area contributed by atoms with Gasteiger partial charge in [-0.2, -0.15) is 5.26 Å². The van der Waals surface area contributed by atoms with Gasteiger partial charge in [0.1, 0.15) is 0 Å². The van der Waals surface area contributed by atoms with Crippen molar-refractivity contribution in [3.05, 3.63) is 70.2 Å². The van der Waals surface area contributed by atoms with E-state index < -0.39 is 0 Å². The van der Waals surface area contributed by atoms with Crippen molar-refractivity contribution in [3.63, 3.8) is 0 Å². The van der Waals surface area contributed by atoms with Crippen molar-refractivity contribution in [1.29, 1.82) is 5.26 Å². The van der Waals surface area contributed by atoms with Crippen molar-refractivity contribution in [1.82, 2.24) is 0 Å². The molecule has 2 atom stereocenters. The number of nitrogens with two attached hydrogens (primary N) is 1. The first kappa shape index (κ1) is 14.6. The maximum absolute atomic E-state index is 9.01. The summed E-state index contributed by atoms with van der Waals surface area (Å²) in [5, 5.41) is 9.74. The largest absolute Gasteiger partial charge is 0.327 e. The predicted octanol–water partition coefficient (Wildman–Crippen LogP) is 3.89. The maximum atomic E-state index is 9.01. The molecule has 0 saturated carbocycles. The Balaban J connectivity index is 2.27. The van der Waals surface area contributed by atoms with Gasteiger partial charge >= 0.3 is 0 Å². The summed E-state index contributed by atoms with van der Waals surface area (Å²) in [6.45, 7) is 2.00. The van der Waals surface area contributed by atoms with Gasteiger partial charge in [0.05, 0.1) is 11.6 Å². The molecular weight excluding hydrogens is 268 g/mol. The van der Waals surface area contributed by atoms with E-state index in [1.165, 1.54) is 5.56 Å². The Morgan fingerprint density at radius 3 is 2.50 bits per heavy atom. The van der Waals surface area contributed by atoms with E-state index in [0.717, 1.165) is 17.0 Å². The monoisotopic (exact) mass is 284 g/mol. The predicted molar refractivity (Wildman–Crippen MR) is 82.7 cm³/mol. The number of hydrogen-bond donors (Lipinski definition) is 1. The molecule has 0 spiro atoms. The molecule has 2 aromatic rings. The van der Waals surface area contributed by atoms with Crippen LogP contribution in [-0.4, -0.2) is 6.04 Å². The average molecular weight is 285 g/mol. The lowest BCUT2D eigenvalue weighted by molar-refractivity contribution is 0.565. The first-order valence-corrected chi connectivity index (χ1v) is 6.98.